The molecule has 8 heteroatoms. The minimum absolute atomic E-state index is 0.774. The average Bonchev–Trinajstić information content (AvgIpc) is 2.04. The zero-order valence-electron chi connectivity index (χ0n) is 5.81. The van der Waals surface area contributed by atoms with Gasteiger partial charge in [-0.3, -0.25) is 0 Å². The van der Waals surface area contributed by atoms with Crippen LogP contribution in [0.5, 0.6) is 0 Å². The van der Waals surface area contributed by atoms with Crippen LogP contribution < -0.4 is 0 Å². The second kappa shape index (κ2) is 2.86. The summed E-state index contributed by atoms with van der Waals surface area (Å²) in [4.78, 5) is 2.65. The molecule has 0 amide bonds. The van der Waals surface area contributed by atoms with Crippen LogP contribution in [0.4, 0.5) is 22.0 Å². The van der Waals surface area contributed by atoms with Gasteiger partial charge in [-0.15, -0.1) is 5.10 Å². The predicted octanol–water partition coefficient (Wildman–Crippen LogP) is 1.33. The van der Waals surface area contributed by atoms with Crippen molar-refractivity contribution in [3.8, 4) is 0 Å². The van der Waals surface area contributed by atoms with Gasteiger partial charge in [0, 0.05) is 0 Å². The van der Waals surface area contributed by atoms with Gasteiger partial charge in [0.25, 0.3) is 0 Å². The Bertz CT molecular complexity index is 282. The van der Waals surface area contributed by atoms with Gasteiger partial charge in [0.15, 0.2) is 0 Å². The largest absolute Gasteiger partial charge is 0.461 e. The molecule has 0 spiro atoms. The molecule has 0 aliphatic carbocycles. The average molecular weight is 198 g/mol. The summed E-state index contributed by atoms with van der Waals surface area (Å²) < 4.78 is 59.6. The number of aromatic nitrogens is 3. The fourth-order valence-corrected chi connectivity index (χ4v) is 0.482. The first kappa shape index (κ1) is 9.75. The molecule has 71 valence electrons. The van der Waals surface area contributed by atoms with Crippen LogP contribution >= 0.6 is 0 Å². The molecule has 0 unspecified atom stereocenters. The van der Waals surface area contributed by atoms with Gasteiger partial charge in [-0.25, -0.2) is 4.98 Å². The van der Waals surface area contributed by atoms with E-state index in [0.717, 1.165) is 6.20 Å². The summed E-state index contributed by atoms with van der Waals surface area (Å²) >= 11 is 0. The smallest absolute Gasteiger partial charge is 0.222 e. The van der Waals surface area contributed by atoms with Gasteiger partial charge in [0.2, 0.25) is 5.82 Å². The van der Waals surface area contributed by atoms with E-state index in [2.05, 4.69) is 15.2 Å². The minimum Gasteiger partial charge on any atom is -0.222 e. The summed E-state index contributed by atoms with van der Waals surface area (Å²) in [6.07, 6.45) is -3.21. The Morgan fingerprint density at radius 2 is 1.77 bits per heavy atom. The Balaban J connectivity index is 3.08. The number of nitrogens with zero attached hydrogens (tertiary/aromatic N) is 3. The van der Waals surface area contributed by atoms with Crippen LogP contribution in [0.1, 0.15) is 5.82 Å². The van der Waals surface area contributed by atoms with E-state index in [1.807, 2.05) is 0 Å². The molecule has 0 N–H and O–H groups in total. The highest BCUT2D eigenvalue weighted by atomic mass is 19.4. The van der Waals surface area contributed by atoms with Gasteiger partial charge in [0.1, 0.15) is 6.20 Å². The molecule has 1 heterocycles. The quantitative estimate of drug-likeness (QED) is 0.639. The number of alkyl halides is 5. The van der Waals surface area contributed by atoms with Crippen LogP contribution in [0.25, 0.3) is 0 Å². The topological polar surface area (TPSA) is 38.7 Å². The van der Waals surface area contributed by atoms with Crippen LogP contribution in [0.2, 0.25) is 0 Å². The second-order valence-electron chi connectivity index (χ2n) is 1.98. The Kier molecular flexibility index (Phi) is 2.14. The standard InChI is InChI=1S/C5HF5N3/c6-4(7,5(8,9)10)3-11-1-2-12-13-3/h2H. The second-order valence-corrected chi connectivity index (χ2v) is 1.98. The maximum absolute atomic E-state index is 12.4. The van der Waals surface area contributed by atoms with Gasteiger partial charge in [-0.05, 0) is 0 Å². The van der Waals surface area contributed by atoms with E-state index in [1.165, 1.54) is 0 Å². The Hall–Kier alpha value is -1.34. The fraction of sp³-hybridized carbons (Fsp3) is 0.400. The van der Waals surface area contributed by atoms with E-state index in [4.69, 9.17) is 0 Å². The third kappa shape index (κ3) is 1.70. The van der Waals surface area contributed by atoms with E-state index < -0.39 is 17.9 Å². The fourth-order valence-electron chi connectivity index (χ4n) is 0.482. The predicted molar refractivity (Wildman–Crippen MR) is 28.6 cm³/mol. The summed E-state index contributed by atoms with van der Waals surface area (Å²) in [7, 11) is 0. The molecule has 1 aromatic heterocycles. The molecular formula is C5HF5N3. The van der Waals surface area contributed by atoms with E-state index in [9.17, 15) is 22.0 Å². The molecule has 0 aliphatic rings. The lowest BCUT2D eigenvalue weighted by atomic mass is 10.3. The molecule has 1 aromatic rings. The van der Waals surface area contributed by atoms with Gasteiger partial charge < -0.3 is 0 Å². The molecule has 0 bridgehead atoms. The van der Waals surface area contributed by atoms with Crippen molar-refractivity contribution in [1.29, 1.82) is 0 Å². The number of hydrogen-bond donors (Lipinski definition) is 0. The van der Waals surface area contributed by atoms with E-state index in [1.54, 1.807) is 6.20 Å². The van der Waals surface area contributed by atoms with Crippen molar-refractivity contribution in [2.24, 2.45) is 0 Å². The third-order valence-corrected chi connectivity index (χ3v) is 1.08. The highest BCUT2D eigenvalue weighted by molar-refractivity contribution is 4.96. The number of hydrogen-bond acceptors (Lipinski definition) is 3. The van der Waals surface area contributed by atoms with Crippen LogP contribution in [-0.2, 0) is 5.92 Å². The van der Waals surface area contributed by atoms with Crippen LogP contribution in [0, 0.1) is 6.20 Å². The Morgan fingerprint density at radius 3 is 2.15 bits per heavy atom. The first-order chi connectivity index (χ1) is 5.86. The van der Waals surface area contributed by atoms with Gasteiger partial charge in [0.05, 0.1) is 6.20 Å². The molecule has 0 saturated heterocycles. The molecule has 0 aliphatic heterocycles. The first-order valence-electron chi connectivity index (χ1n) is 2.86. The van der Waals surface area contributed by atoms with Crippen molar-refractivity contribution < 1.29 is 22.0 Å². The van der Waals surface area contributed by atoms with E-state index in [0.29, 0.717) is 0 Å². The molecular weight excluding hydrogens is 197 g/mol. The molecule has 1 rings (SSSR count). The van der Waals surface area contributed by atoms with Crippen molar-refractivity contribution in [1.82, 2.24) is 15.2 Å². The molecule has 3 nitrogen and oxygen atoms in total. The van der Waals surface area contributed by atoms with E-state index >= 15 is 0 Å². The minimum atomic E-state index is -5.72. The van der Waals surface area contributed by atoms with Crippen LogP contribution in [0.3, 0.4) is 0 Å². The van der Waals surface area contributed by atoms with Gasteiger partial charge >= 0.3 is 12.1 Å². The molecule has 13 heavy (non-hydrogen) atoms. The van der Waals surface area contributed by atoms with Crippen molar-refractivity contribution >= 4 is 0 Å². The third-order valence-electron chi connectivity index (χ3n) is 1.08. The molecule has 0 fully saturated rings. The summed E-state index contributed by atoms with van der Waals surface area (Å²) in [5, 5.41) is 5.37. The molecule has 1 radical (unpaired) electrons. The lowest BCUT2D eigenvalue weighted by molar-refractivity contribution is -0.292. The zero-order valence-corrected chi connectivity index (χ0v) is 5.81. The van der Waals surface area contributed by atoms with Crippen molar-refractivity contribution in [2.45, 2.75) is 12.1 Å². The summed E-state index contributed by atoms with van der Waals surface area (Å²) in [5.74, 6) is -6.79. The van der Waals surface area contributed by atoms with Crippen LogP contribution in [0.15, 0.2) is 6.20 Å². The lowest BCUT2D eigenvalue weighted by Crippen LogP contribution is -2.35. The summed E-state index contributed by atoms with van der Waals surface area (Å²) in [5.41, 5.74) is 0. The van der Waals surface area contributed by atoms with Crippen molar-refractivity contribution in [3.05, 3.63) is 18.2 Å². The molecule has 0 saturated carbocycles. The zero-order chi connectivity index (χ0) is 10.1. The van der Waals surface area contributed by atoms with Crippen molar-refractivity contribution in [3.63, 3.8) is 0 Å². The summed E-state index contributed by atoms with van der Waals surface area (Å²) in [6.45, 7) is 0. The van der Waals surface area contributed by atoms with Gasteiger partial charge in [-0.1, -0.05) is 0 Å². The number of rotatable bonds is 1. The molecule has 0 aromatic carbocycles. The Labute approximate surface area is 68.6 Å². The normalized spacial score (nSPS) is 13.0. The maximum atomic E-state index is 12.4. The Morgan fingerprint density at radius 1 is 1.15 bits per heavy atom. The molecule has 0 atom stereocenters. The van der Waals surface area contributed by atoms with Crippen LogP contribution in [-0.4, -0.2) is 21.4 Å². The lowest BCUT2D eigenvalue weighted by Gasteiger charge is -2.16. The number of halogens is 5. The first-order valence-corrected chi connectivity index (χ1v) is 2.86. The SMILES string of the molecule is FC(F)(F)C(F)(F)c1n[c]cnn1. The monoisotopic (exact) mass is 198 g/mol. The van der Waals surface area contributed by atoms with E-state index in [-0.39, 0.29) is 0 Å². The highest BCUT2D eigenvalue weighted by Gasteiger charge is 2.61. The van der Waals surface area contributed by atoms with Crippen molar-refractivity contribution in [2.75, 3.05) is 0 Å². The highest BCUT2D eigenvalue weighted by Crippen LogP contribution is 2.41. The summed E-state index contributed by atoms with van der Waals surface area (Å²) in [6, 6.07) is 0. The maximum Gasteiger partial charge on any atom is 0.461 e. The van der Waals surface area contributed by atoms with Gasteiger partial charge in [-0.2, -0.15) is 27.1 Å².